The van der Waals surface area contributed by atoms with Crippen LogP contribution in [0.25, 0.3) is 28.0 Å². The minimum Gasteiger partial charge on any atom is -0.456 e. The Hall–Kier alpha value is -4.30. The van der Waals surface area contributed by atoms with Gasteiger partial charge in [-0.1, -0.05) is 48.0 Å². The van der Waals surface area contributed by atoms with Crippen LogP contribution in [-0.4, -0.2) is 25.1 Å². The minimum atomic E-state index is -0.532. The number of para-hydroxylation sites is 1. The minimum absolute atomic E-state index is 0.0824. The molecule has 7 nitrogen and oxygen atoms in total. The number of ether oxygens (including phenoxy) is 1. The quantitative estimate of drug-likeness (QED) is 0.267. The summed E-state index contributed by atoms with van der Waals surface area (Å²) in [5.74, 6) is -0.532. The highest BCUT2D eigenvalue weighted by Gasteiger charge is 2.12. The van der Waals surface area contributed by atoms with Crippen LogP contribution in [0.15, 0.2) is 89.3 Å². The van der Waals surface area contributed by atoms with Gasteiger partial charge in [0.1, 0.15) is 6.61 Å². The molecular formula is C26H20N4O3S. The van der Waals surface area contributed by atoms with Gasteiger partial charge in [0.05, 0.1) is 17.1 Å². The fourth-order valence-electron chi connectivity index (χ4n) is 3.47. The molecule has 5 aromatic rings. The maximum Gasteiger partial charge on any atom is 0.331 e. The lowest BCUT2D eigenvalue weighted by molar-refractivity contribution is -0.139. The molecule has 0 saturated carbocycles. The summed E-state index contributed by atoms with van der Waals surface area (Å²) in [5.41, 5.74) is 4.75. The third kappa shape index (κ3) is 4.57. The zero-order valence-electron chi connectivity index (χ0n) is 18.3. The molecule has 0 aliphatic rings. The van der Waals surface area contributed by atoms with Crippen molar-refractivity contribution in [3.05, 3.63) is 112 Å². The first kappa shape index (κ1) is 21.5. The highest BCUT2D eigenvalue weighted by atomic mass is 32.1. The molecule has 3 heterocycles. The van der Waals surface area contributed by atoms with Crippen molar-refractivity contribution in [1.82, 2.24) is 19.2 Å². The number of esters is 1. The van der Waals surface area contributed by atoms with E-state index in [0.717, 1.165) is 28.1 Å². The number of fused-ring (bicyclic) bond motifs is 1. The van der Waals surface area contributed by atoms with Crippen LogP contribution in [0.5, 0.6) is 0 Å². The molecule has 0 radical (unpaired) electrons. The highest BCUT2D eigenvalue weighted by Crippen LogP contribution is 2.25. The molecule has 0 saturated heterocycles. The SMILES string of the molecule is Cc1ccc(-c2nn(-c3ccccc3)cc2/C=C/C(=O)OCc2cc(=O)n3ccsc3n2)cc1. The van der Waals surface area contributed by atoms with E-state index in [4.69, 9.17) is 9.84 Å². The highest BCUT2D eigenvalue weighted by molar-refractivity contribution is 7.15. The van der Waals surface area contributed by atoms with Crippen LogP contribution in [0.2, 0.25) is 0 Å². The number of aromatic nitrogens is 4. The number of thiazole rings is 1. The third-order valence-corrected chi connectivity index (χ3v) is 5.96. The molecule has 0 aliphatic heterocycles. The molecule has 0 fully saturated rings. The summed E-state index contributed by atoms with van der Waals surface area (Å²) in [4.78, 5) is 29.4. The number of hydrogen-bond acceptors (Lipinski definition) is 6. The molecule has 0 N–H and O–H groups in total. The van der Waals surface area contributed by atoms with E-state index < -0.39 is 5.97 Å². The second kappa shape index (κ2) is 9.29. The molecule has 34 heavy (non-hydrogen) atoms. The van der Waals surface area contributed by atoms with Crippen LogP contribution in [0.3, 0.4) is 0 Å². The number of benzene rings is 2. The summed E-state index contributed by atoms with van der Waals surface area (Å²) in [7, 11) is 0. The Balaban J connectivity index is 1.38. The summed E-state index contributed by atoms with van der Waals surface area (Å²) >= 11 is 1.35. The molecule has 168 valence electrons. The molecule has 0 spiro atoms. The second-order valence-electron chi connectivity index (χ2n) is 7.66. The van der Waals surface area contributed by atoms with E-state index >= 15 is 0 Å². The van der Waals surface area contributed by atoms with Gasteiger partial charge in [0.2, 0.25) is 0 Å². The predicted molar refractivity (Wildman–Crippen MR) is 132 cm³/mol. The summed E-state index contributed by atoms with van der Waals surface area (Å²) < 4.78 is 8.56. The molecule has 0 atom stereocenters. The Kier molecular flexibility index (Phi) is 5.88. The average molecular weight is 469 g/mol. The smallest absolute Gasteiger partial charge is 0.331 e. The van der Waals surface area contributed by atoms with Gasteiger partial charge in [0.15, 0.2) is 4.96 Å². The molecule has 0 aliphatic carbocycles. The molecule has 0 bridgehead atoms. The molecule has 3 aromatic heterocycles. The number of nitrogens with zero attached hydrogens (tertiary/aromatic N) is 4. The topological polar surface area (TPSA) is 78.5 Å². The number of aryl methyl sites for hydroxylation is 1. The Morgan fingerprint density at radius 3 is 2.71 bits per heavy atom. The Morgan fingerprint density at radius 2 is 1.91 bits per heavy atom. The molecule has 0 amide bonds. The lowest BCUT2D eigenvalue weighted by atomic mass is 10.1. The summed E-state index contributed by atoms with van der Waals surface area (Å²) in [6, 6.07) is 19.2. The van der Waals surface area contributed by atoms with Gasteiger partial charge >= 0.3 is 5.97 Å². The lowest BCUT2D eigenvalue weighted by Gasteiger charge is -2.02. The average Bonchev–Trinajstić information content (AvgIpc) is 3.50. The first-order valence-electron chi connectivity index (χ1n) is 10.6. The zero-order chi connectivity index (χ0) is 23.5. The summed E-state index contributed by atoms with van der Waals surface area (Å²) in [6.07, 6.45) is 6.59. The van der Waals surface area contributed by atoms with Crippen molar-refractivity contribution in [2.24, 2.45) is 0 Å². The van der Waals surface area contributed by atoms with Crippen LogP contribution in [0, 0.1) is 6.92 Å². The van der Waals surface area contributed by atoms with Gasteiger partial charge in [0.25, 0.3) is 5.56 Å². The first-order valence-corrected chi connectivity index (χ1v) is 11.5. The van der Waals surface area contributed by atoms with Crippen LogP contribution in [0.1, 0.15) is 16.8 Å². The maximum absolute atomic E-state index is 12.4. The van der Waals surface area contributed by atoms with Gasteiger partial charge in [-0.3, -0.25) is 9.20 Å². The molecule has 0 unspecified atom stereocenters. The van der Waals surface area contributed by atoms with Crippen LogP contribution < -0.4 is 5.56 Å². The largest absolute Gasteiger partial charge is 0.456 e. The van der Waals surface area contributed by atoms with Crippen molar-refractivity contribution in [3.63, 3.8) is 0 Å². The van der Waals surface area contributed by atoms with Crippen LogP contribution >= 0.6 is 11.3 Å². The Morgan fingerprint density at radius 1 is 1.12 bits per heavy atom. The zero-order valence-corrected chi connectivity index (χ0v) is 19.1. The van der Waals surface area contributed by atoms with Crippen LogP contribution in [-0.2, 0) is 16.1 Å². The molecule has 5 rings (SSSR count). The fraction of sp³-hybridized carbons (Fsp3) is 0.0769. The molecular weight excluding hydrogens is 448 g/mol. The number of rotatable bonds is 6. The fourth-order valence-corrected chi connectivity index (χ4v) is 4.21. The van der Waals surface area contributed by atoms with E-state index in [-0.39, 0.29) is 12.2 Å². The Bertz CT molecular complexity index is 1550. The third-order valence-electron chi connectivity index (χ3n) is 5.21. The first-order chi connectivity index (χ1) is 16.6. The van der Waals surface area contributed by atoms with E-state index in [1.807, 2.05) is 67.7 Å². The normalized spacial score (nSPS) is 11.3. The van der Waals surface area contributed by atoms with Gasteiger partial charge in [0, 0.05) is 41.0 Å². The standard InChI is InChI=1S/C26H20N4O3S/c1-18-7-9-19(10-8-18)25-20(16-30(28-25)22-5-3-2-4-6-22)11-12-24(32)33-17-21-15-23(31)29-13-14-34-26(29)27-21/h2-16H,17H2,1H3/b12-11+. The lowest BCUT2D eigenvalue weighted by Crippen LogP contribution is -2.14. The molecule has 8 heteroatoms. The van der Waals surface area contributed by atoms with Crippen molar-refractivity contribution >= 4 is 28.3 Å². The van der Waals surface area contributed by atoms with E-state index in [1.54, 1.807) is 22.3 Å². The van der Waals surface area contributed by atoms with Gasteiger partial charge in [-0.2, -0.15) is 5.10 Å². The summed E-state index contributed by atoms with van der Waals surface area (Å²) in [5, 5.41) is 6.53. The van der Waals surface area contributed by atoms with Crippen molar-refractivity contribution in [2.75, 3.05) is 0 Å². The van der Waals surface area contributed by atoms with E-state index in [0.29, 0.717) is 10.7 Å². The monoisotopic (exact) mass is 468 g/mol. The van der Waals surface area contributed by atoms with Crippen LogP contribution in [0.4, 0.5) is 0 Å². The number of carbonyl (C=O) groups excluding carboxylic acids is 1. The van der Waals surface area contributed by atoms with E-state index in [9.17, 15) is 9.59 Å². The number of hydrogen-bond donors (Lipinski definition) is 0. The van der Waals surface area contributed by atoms with Gasteiger partial charge in [-0.25, -0.2) is 14.5 Å². The van der Waals surface area contributed by atoms with Crippen molar-refractivity contribution in [3.8, 4) is 16.9 Å². The van der Waals surface area contributed by atoms with Crippen molar-refractivity contribution in [1.29, 1.82) is 0 Å². The van der Waals surface area contributed by atoms with Crippen molar-refractivity contribution in [2.45, 2.75) is 13.5 Å². The predicted octanol–water partition coefficient (Wildman–Crippen LogP) is 4.67. The number of carbonyl (C=O) groups is 1. The second-order valence-corrected chi connectivity index (χ2v) is 8.53. The van der Waals surface area contributed by atoms with Gasteiger partial charge < -0.3 is 4.74 Å². The van der Waals surface area contributed by atoms with Crippen molar-refractivity contribution < 1.29 is 9.53 Å². The van der Waals surface area contributed by atoms with E-state index in [1.165, 1.54) is 27.9 Å². The summed E-state index contributed by atoms with van der Waals surface area (Å²) in [6.45, 7) is 1.95. The maximum atomic E-state index is 12.4. The van der Waals surface area contributed by atoms with E-state index in [2.05, 4.69) is 4.98 Å². The van der Waals surface area contributed by atoms with Gasteiger partial charge in [-0.15, -0.1) is 11.3 Å². The Labute approximate surface area is 199 Å². The molecule has 2 aromatic carbocycles. The van der Waals surface area contributed by atoms with Gasteiger partial charge in [-0.05, 0) is 25.1 Å².